The van der Waals surface area contributed by atoms with Crippen molar-refractivity contribution >= 4 is 147 Å². The van der Waals surface area contributed by atoms with Gasteiger partial charge >= 0.3 is 0 Å². The van der Waals surface area contributed by atoms with Gasteiger partial charge in [0, 0.05) is 61.7 Å². The summed E-state index contributed by atoms with van der Waals surface area (Å²) in [6.07, 6.45) is 0. The summed E-state index contributed by atoms with van der Waals surface area (Å²) in [7, 11) is -3.32. The van der Waals surface area contributed by atoms with Gasteiger partial charge in [-0.3, -0.25) is 0 Å². The maximum atomic E-state index is 7.29. The molecular weight excluding hydrogens is 1520 g/mol. The minimum absolute atomic E-state index is 0.0842. The summed E-state index contributed by atoms with van der Waals surface area (Å²) in [5.41, 5.74) is 31.5. The number of nitrogens with zero attached hydrogens (tertiary/aromatic N) is 3. The van der Waals surface area contributed by atoms with Gasteiger partial charge in [0.1, 0.15) is 22.3 Å². The van der Waals surface area contributed by atoms with Gasteiger partial charge in [-0.1, -0.05) is 375 Å². The molecule has 3 aliphatic rings. The molecule has 124 heavy (non-hydrogen) atoms. The van der Waals surface area contributed by atoms with E-state index in [1.54, 1.807) is 0 Å². The first kappa shape index (κ1) is 74.3. The number of fused-ring (bicyclic) bond motifs is 13. The lowest BCUT2D eigenvalue weighted by molar-refractivity contribution is 0.590. The van der Waals surface area contributed by atoms with Crippen LogP contribution in [0.25, 0.3) is 88.4 Å². The molecule has 1 aliphatic carbocycles. The van der Waals surface area contributed by atoms with Crippen LogP contribution in [0.15, 0.2) is 433 Å². The summed E-state index contributed by atoms with van der Waals surface area (Å²) >= 11 is 0. The molecule has 0 bridgehead atoms. The van der Waals surface area contributed by atoms with Crippen molar-refractivity contribution in [1.82, 2.24) is 0 Å². The molecule has 0 fully saturated rings. The Morgan fingerprint density at radius 3 is 1.20 bits per heavy atom. The molecule has 0 radical (unpaired) electrons. The summed E-state index contributed by atoms with van der Waals surface area (Å²) < 4.78 is 14.5. The molecule has 2 aliphatic heterocycles. The fourth-order valence-electron chi connectivity index (χ4n) is 21.2. The fourth-order valence-corrected chi connectivity index (χ4v) is 26.0. The molecular formula is C117H88BN3O2Si. The highest BCUT2D eigenvalue weighted by atomic mass is 28.3. The third-order valence-electron chi connectivity index (χ3n) is 26.8. The second kappa shape index (κ2) is 29.0. The number of anilines is 9. The van der Waals surface area contributed by atoms with Crippen molar-refractivity contribution in [3.63, 3.8) is 0 Å². The predicted molar refractivity (Wildman–Crippen MR) is 524 cm³/mol. The molecule has 0 amide bonds. The first-order valence-corrected chi connectivity index (χ1v) is 45.4. The SMILES string of the molecule is CC(C)(C)c1ccc(N(c2ccc(C(C)(C)C)cc2)c2ccc3c(c2)N(c2c(-c4ccccc4)ccc4oc5ccccc5c24)c2cc(-c4cccc5c4-c4ccccc4C5(c4ccccc4)c4ccccc4)cc4c2B3c2cc([Si](c3ccccc3)(c3ccccc3)c3ccccc3)ccc2N4c2c(-c3ccccc3)ccc3oc4ccccc4c23)cc1. The number of furan rings is 2. The van der Waals surface area contributed by atoms with Crippen molar-refractivity contribution in [3.8, 4) is 44.5 Å². The average Bonchev–Trinajstić information content (AvgIpc) is 1.27. The maximum Gasteiger partial charge on any atom is 0.252 e. The summed E-state index contributed by atoms with van der Waals surface area (Å²) in [5, 5.41) is 9.27. The van der Waals surface area contributed by atoms with E-state index >= 15 is 0 Å². The van der Waals surface area contributed by atoms with Gasteiger partial charge in [0.15, 0.2) is 8.07 Å². The Bertz CT molecular complexity index is 7360. The van der Waals surface area contributed by atoms with Gasteiger partial charge in [0.25, 0.3) is 6.71 Å². The van der Waals surface area contributed by atoms with Gasteiger partial charge in [0.2, 0.25) is 0 Å². The quantitative estimate of drug-likeness (QED) is 0.0801. The first-order valence-electron chi connectivity index (χ1n) is 43.4. The number of hydrogen-bond acceptors (Lipinski definition) is 5. The molecule has 7 heteroatoms. The average molecular weight is 1610 g/mol. The zero-order chi connectivity index (χ0) is 83.2. The zero-order valence-electron chi connectivity index (χ0n) is 70.2. The van der Waals surface area contributed by atoms with Crippen LogP contribution >= 0.6 is 0 Å². The summed E-state index contributed by atoms with van der Waals surface area (Å²) in [6.45, 7) is 13.4. The van der Waals surface area contributed by atoms with E-state index in [1.165, 1.54) is 70.7 Å². The molecule has 0 spiro atoms. The summed E-state index contributed by atoms with van der Waals surface area (Å²) in [6, 6.07) is 161. The maximum absolute atomic E-state index is 7.29. The third-order valence-corrected chi connectivity index (χ3v) is 31.6. The van der Waals surface area contributed by atoms with Crippen LogP contribution in [0, 0.1) is 0 Å². The minimum Gasteiger partial charge on any atom is -0.456 e. The second-order valence-corrected chi connectivity index (χ2v) is 39.5. The lowest BCUT2D eigenvalue weighted by Crippen LogP contribution is -2.75. The second-order valence-electron chi connectivity index (χ2n) is 35.7. The molecule has 23 rings (SSSR count). The highest BCUT2D eigenvalue weighted by Crippen LogP contribution is 2.61. The molecule has 0 atom stereocenters. The van der Waals surface area contributed by atoms with Gasteiger partial charge in [-0.2, -0.15) is 0 Å². The summed E-state index contributed by atoms with van der Waals surface area (Å²) in [4.78, 5) is 7.90. The normalized spacial score (nSPS) is 13.3. The van der Waals surface area contributed by atoms with Gasteiger partial charge in [-0.15, -0.1) is 0 Å². The number of hydrogen-bond donors (Lipinski definition) is 0. The molecule has 20 aromatic rings. The molecule has 2 aromatic heterocycles. The lowest BCUT2D eigenvalue weighted by Gasteiger charge is -2.46. The van der Waals surface area contributed by atoms with Crippen molar-refractivity contribution in [2.24, 2.45) is 0 Å². The molecule has 0 saturated carbocycles. The predicted octanol–water partition coefficient (Wildman–Crippen LogP) is 26.4. The van der Waals surface area contributed by atoms with E-state index in [4.69, 9.17) is 8.83 Å². The topological polar surface area (TPSA) is 36.0 Å². The van der Waals surface area contributed by atoms with Crippen molar-refractivity contribution in [2.45, 2.75) is 57.8 Å². The van der Waals surface area contributed by atoms with Crippen LogP contribution in [0.5, 0.6) is 0 Å². The van der Waals surface area contributed by atoms with E-state index in [0.717, 1.165) is 139 Å². The van der Waals surface area contributed by atoms with Crippen LogP contribution in [0.4, 0.5) is 51.2 Å². The van der Waals surface area contributed by atoms with Crippen LogP contribution < -0.4 is 51.8 Å². The monoisotopic (exact) mass is 1610 g/mol. The highest BCUT2D eigenvalue weighted by Gasteiger charge is 2.51. The van der Waals surface area contributed by atoms with E-state index in [0.29, 0.717) is 0 Å². The van der Waals surface area contributed by atoms with Crippen molar-refractivity contribution in [1.29, 1.82) is 0 Å². The Kier molecular flexibility index (Phi) is 17.4. The Morgan fingerprint density at radius 2 is 0.710 bits per heavy atom. The smallest absolute Gasteiger partial charge is 0.252 e. The van der Waals surface area contributed by atoms with E-state index in [9.17, 15) is 0 Å². The first-order chi connectivity index (χ1) is 60.8. The highest BCUT2D eigenvalue weighted by molar-refractivity contribution is 7.20. The van der Waals surface area contributed by atoms with E-state index in [1.807, 2.05) is 0 Å². The Balaban J connectivity index is 0.925. The molecule has 590 valence electrons. The molecule has 0 unspecified atom stereocenters. The van der Waals surface area contributed by atoms with Gasteiger partial charge in [0.05, 0.1) is 27.6 Å². The molecule has 5 nitrogen and oxygen atoms in total. The number of rotatable bonds is 14. The third kappa shape index (κ3) is 11.5. The largest absolute Gasteiger partial charge is 0.456 e. The Labute approximate surface area is 725 Å². The Morgan fingerprint density at radius 1 is 0.290 bits per heavy atom. The molecule has 4 heterocycles. The van der Waals surface area contributed by atoms with Crippen molar-refractivity contribution in [3.05, 3.63) is 458 Å². The standard InChI is InChI=1S/C117H88BN3O2Si/c1-115(2,3)80-57-61-84(62-58-80)119(85-63-59-81(60-64-85)116(4,5)6)86-65-69-99-102(75-86)121(114-93(78-37-16-8-17-38-78)68-72-108-111(114)96-51-30-33-56-106(96)123-108)104-74-79(91-52-34-54-98-109(91)94-49-28-31-53-97(94)117(98,82-39-18-9-19-40-82)83-41-20-10-21-42-83)73-103-112(104)118(99)100-76-90(124(87-43-22-11-23-44-87,88-45-24-12-25-46-88)89-47-26-13-27-48-89)66-70-101(100)120(103)113-92(77-35-14-7-15-36-77)67-71-107-110(113)95-50-29-32-55-105(95)122-107/h7-76H,1-6H3. The van der Waals surface area contributed by atoms with Crippen molar-refractivity contribution in [2.75, 3.05) is 14.7 Å². The molecule has 0 saturated heterocycles. The van der Waals surface area contributed by atoms with Gasteiger partial charge in [-0.05, 0) is 206 Å². The van der Waals surface area contributed by atoms with E-state index < -0.39 is 20.2 Å². The number of para-hydroxylation sites is 2. The van der Waals surface area contributed by atoms with Crippen LogP contribution in [0.2, 0.25) is 0 Å². The lowest BCUT2D eigenvalue weighted by atomic mass is 9.33. The van der Waals surface area contributed by atoms with Crippen LogP contribution in [-0.4, -0.2) is 14.8 Å². The van der Waals surface area contributed by atoms with Crippen molar-refractivity contribution < 1.29 is 8.83 Å². The molecule has 18 aromatic carbocycles. The van der Waals surface area contributed by atoms with Crippen LogP contribution in [0.3, 0.4) is 0 Å². The zero-order valence-corrected chi connectivity index (χ0v) is 71.2. The van der Waals surface area contributed by atoms with E-state index in [2.05, 4.69) is 481 Å². The Hall–Kier alpha value is -14.8. The fraction of sp³-hybridized carbons (Fsp3) is 0.0769. The summed E-state index contributed by atoms with van der Waals surface area (Å²) in [5.74, 6) is 0. The van der Waals surface area contributed by atoms with Crippen LogP contribution in [-0.2, 0) is 16.2 Å². The minimum atomic E-state index is -3.32. The van der Waals surface area contributed by atoms with Gasteiger partial charge < -0.3 is 23.5 Å². The molecule has 0 N–H and O–H groups in total. The van der Waals surface area contributed by atoms with E-state index in [-0.39, 0.29) is 10.8 Å². The van der Waals surface area contributed by atoms with Gasteiger partial charge in [-0.25, -0.2) is 0 Å². The van der Waals surface area contributed by atoms with Crippen LogP contribution in [0.1, 0.15) is 74.9 Å². The number of benzene rings is 18.